The van der Waals surface area contributed by atoms with E-state index in [9.17, 15) is 14.7 Å². The molecule has 0 aliphatic heterocycles. The third-order valence-corrected chi connectivity index (χ3v) is 2.91. The molecule has 0 unspecified atom stereocenters. The Hall–Kier alpha value is -2.54. The summed E-state index contributed by atoms with van der Waals surface area (Å²) in [6, 6.07) is 3.18. The first-order valence-corrected chi connectivity index (χ1v) is 5.87. The van der Waals surface area contributed by atoms with Crippen molar-refractivity contribution in [3.63, 3.8) is 0 Å². The molecule has 0 saturated carbocycles. The number of primary amides is 1. The number of fused-ring (bicyclic) bond motifs is 1. The molecule has 0 fully saturated rings. The van der Waals surface area contributed by atoms with Gasteiger partial charge < -0.3 is 25.7 Å². The van der Waals surface area contributed by atoms with Gasteiger partial charge >= 0.3 is 0 Å². The molecular formula is C13H14N2O5. The number of hydrogen-bond acceptors (Lipinski definition) is 5. The fourth-order valence-corrected chi connectivity index (χ4v) is 1.93. The second kappa shape index (κ2) is 5.22. The summed E-state index contributed by atoms with van der Waals surface area (Å²) in [6.45, 7) is 0.991. The van der Waals surface area contributed by atoms with Crippen LogP contribution in [-0.2, 0) is 4.79 Å². The van der Waals surface area contributed by atoms with Crippen LogP contribution in [0.4, 0.5) is 0 Å². The van der Waals surface area contributed by atoms with Gasteiger partial charge in [0.25, 0.3) is 5.91 Å². The lowest BCUT2D eigenvalue weighted by atomic mass is 10.1. The van der Waals surface area contributed by atoms with Gasteiger partial charge in [-0.3, -0.25) is 9.59 Å². The number of aromatic hydroxyl groups is 1. The molecule has 2 rings (SSSR count). The van der Waals surface area contributed by atoms with E-state index in [1.54, 1.807) is 6.92 Å². The lowest BCUT2D eigenvalue weighted by molar-refractivity contribution is -0.120. The predicted octanol–water partition coefficient (Wildman–Crippen LogP) is 0.0228. The van der Waals surface area contributed by atoms with E-state index >= 15 is 0 Å². The topological polar surface area (TPSA) is 126 Å². The number of aryl methyl sites for hydroxylation is 1. The lowest BCUT2D eigenvalue weighted by Crippen LogP contribution is -2.46. The highest BCUT2D eigenvalue weighted by Crippen LogP contribution is 2.28. The summed E-state index contributed by atoms with van der Waals surface area (Å²) in [5.74, 6) is -1.12. The summed E-state index contributed by atoms with van der Waals surface area (Å²) in [5, 5.41) is 21.2. The number of nitrogens with one attached hydrogen (secondary N) is 1. The predicted molar refractivity (Wildman–Crippen MR) is 70.2 cm³/mol. The van der Waals surface area contributed by atoms with Crippen LogP contribution in [-0.4, -0.2) is 34.7 Å². The molecule has 0 aliphatic carbocycles. The van der Waals surface area contributed by atoms with E-state index in [0.717, 1.165) is 0 Å². The molecule has 0 saturated heterocycles. The van der Waals surface area contributed by atoms with Gasteiger partial charge in [0.1, 0.15) is 23.1 Å². The third kappa shape index (κ3) is 2.43. The van der Waals surface area contributed by atoms with Crippen LogP contribution in [0.1, 0.15) is 16.1 Å². The monoisotopic (exact) mass is 278 g/mol. The van der Waals surface area contributed by atoms with Crippen molar-refractivity contribution in [2.75, 3.05) is 6.61 Å². The maximum absolute atomic E-state index is 12.2. The van der Waals surface area contributed by atoms with E-state index in [0.29, 0.717) is 16.7 Å². The quantitative estimate of drug-likeness (QED) is 0.627. The van der Waals surface area contributed by atoms with E-state index in [-0.39, 0.29) is 11.3 Å². The number of carbonyl (C=O) groups is 2. The zero-order chi connectivity index (χ0) is 14.9. The molecule has 0 spiro atoms. The molecule has 2 aromatic rings. The molecule has 106 valence electrons. The van der Waals surface area contributed by atoms with Crippen molar-refractivity contribution in [1.82, 2.24) is 5.32 Å². The number of phenolic OH excluding ortho intramolecular Hbond substituents is 1. The standard InChI is InChI=1S/C13H14N2O5/c1-6-11(13(19)15-9(5-16)12(14)18)8-4-7(17)2-3-10(8)20-6/h2-4,9,16-17H,5H2,1H3,(H2,14,18)(H,15,19)/t9-/m0/s1. The van der Waals surface area contributed by atoms with Crippen LogP contribution in [0.25, 0.3) is 11.0 Å². The average Bonchev–Trinajstić information content (AvgIpc) is 2.70. The summed E-state index contributed by atoms with van der Waals surface area (Å²) in [4.78, 5) is 23.2. The number of carbonyl (C=O) groups excluding carboxylic acids is 2. The highest BCUT2D eigenvalue weighted by atomic mass is 16.3. The maximum atomic E-state index is 12.2. The van der Waals surface area contributed by atoms with Crippen molar-refractivity contribution in [3.05, 3.63) is 29.5 Å². The molecule has 7 nitrogen and oxygen atoms in total. The number of benzene rings is 1. The normalized spacial score (nSPS) is 12.3. The fraction of sp³-hybridized carbons (Fsp3) is 0.231. The minimum Gasteiger partial charge on any atom is -0.508 e. The fourth-order valence-electron chi connectivity index (χ4n) is 1.93. The van der Waals surface area contributed by atoms with Crippen LogP contribution in [0.3, 0.4) is 0 Å². The number of aliphatic hydroxyl groups is 1. The maximum Gasteiger partial charge on any atom is 0.256 e. The average molecular weight is 278 g/mol. The number of furan rings is 1. The highest BCUT2D eigenvalue weighted by molar-refractivity contribution is 6.08. The van der Waals surface area contributed by atoms with E-state index in [4.69, 9.17) is 15.3 Å². The van der Waals surface area contributed by atoms with Crippen molar-refractivity contribution in [3.8, 4) is 5.75 Å². The number of aliphatic hydroxyl groups excluding tert-OH is 1. The van der Waals surface area contributed by atoms with Crippen molar-refractivity contribution in [2.45, 2.75) is 13.0 Å². The number of rotatable bonds is 4. The van der Waals surface area contributed by atoms with Crippen LogP contribution in [0.15, 0.2) is 22.6 Å². The molecular weight excluding hydrogens is 264 g/mol. The first-order chi connectivity index (χ1) is 9.43. The Labute approximate surface area is 114 Å². The van der Waals surface area contributed by atoms with Gasteiger partial charge in [0.05, 0.1) is 12.2 Å². The van der Waals surface area contributed by atoms with Gasteiger partial charge in [-0.05, 0) is 25.1 Å². The van der Waals surface area contributed by atoms with Crippen molar-refractivity contribution < 1.29 is 24.2 Å². The minimum atomic E-state index is -1.18. The molecule has 2 amide bonds. The summed E-state index contributed by atoms with van der Waals surface area (Å²) in [6.07, 6.45) is 0. The van der Waals surface area contributed by atoms with Crippen molar-refractivity contribution in [2.24, 2.45) is 5.73 Å². The van der Waals surface area contributed by atoms with Gasteiger partial charge in [-0.1, -0.05) is 0 Å². The summed E-state index contributed by atoms with van der Waals surface area (Å²) in [5.41, 5.74) is 5.67. The van der Waals surface area contributed by atoms with Gasteiger partial charge in [-0.15, -0.1) is 0 Å². The van der Waals surface area contributed by atoms with Gasteiger partial charge in [0, 0.05) is 5.39 Å². The Morgan fingerprint density at radius 2 is 2.15 bits per heavy atom. The number of hydrogen-bond donors (Lipinski definition) is 4. The Kier molecular flexibility index (Phi) is 3.62. The van der Waals surface area contributed by atoms with Crippen LogP contribution in [0.2, 0.25) is 0 Å². The molecule has 20 heavy (non-hydrogen) atoms. The van der Waals surface area contributed by atoms with E-state index < -0.39 is 24.5 Å². The van der Waals surface area contributed by atoms with E-state index in [1.807, 2.05) is 0 Å². The van der Waals surface area contributed by atoms with E-state index in [2.05, 4.69) is 5.32 Å². The molecule has 7 heteroatoms. The molecule has 0 radical (unpaired) electrons. The lowest BCUT2D eigenvalue weighted by Gasteiger charge is -2.12. The zero-order valence-electron chi connectivity index (χ0n) is 10.7. The molecule has 1 aromatic heterocycles. The number of amides is 2. The third-order valence-electron chi connectivity index (χ3n) is 2.91. The smallest absolute Gasteiger partial charge is 0.256 e. The van der Waals surface area contributed by atoms with Crippen LogP contribution < -0.4 is 11.1 Å². The Balaban J connectivity index is 2.41. The van der Waals surface area contributed by atoms with Crippen LogP contribution in [0.5, 0.6) is 5.75 Å². The van der Waals surface area contributed by atoms with Gasteiger partial charge in [-0.2, -0.15) is 0 Å². The molecule has 1 atom stereocenters. The van der Waals surface area contributed by atoms with Crippen molar-refractivity contribution in [1.29, 1.82) is 0 Å². The second-order valence-electron chi connectivity index (χ2n) is 4.32. The molecule has 0 aliphatic rings. The van der Waals surface area contributed by atoms with E-state index in [1.165, 1.54) is 18.2 Å². The largest absolute Gasteiger partial charge is 0.508 e. The van der Waals surface area contributed by atoms with Gasteiger partial charge in [0.15, 0.2) is 0 Å². The Morgan fingerprint density at radius 1 is 1.45 bits per heavy atom. The highest BCUT2D eigenvalue weighted by Gasteiger charge is 2.23. The first-order valence-electron chi connectivity index (χ1n) is 5.87. The Morgan fingerprint density at radius 3 is 2.75 bits per heavy atom. The summed E-state index contributed by atoms with van der Waals surface area (Å²) >= 11 is 0. The summed E-state index contributed by atoms with van der Waals surface area (Å²) < 4.78 is 5.40. The number of phenols is 1. The van der Waals surface area contributed by atoms with Crippen molar-refractivity contribution >= 4 is 22.8 Å². The SMILES string of the molecule is Cc1oc2ccc(O)cc2c1C(=O)N[C@@H](CO)C(N)=O. The van der Waals surface area contributed by atoms with Crippen LogP contribution >= 0.6 is 0 Å². The van der Waals surface area contributed by atoms with Gasteiger partial charge in [-0.25, -0.2) is 0 Å². The zero-order valence-corrected chi connectivity index (χ0v) is 10.7. The molecule has 0 bridgehead atoms. The Bertz CT molecular complexity index is 677. The van der Waals surface area contributed by atoms with Gasteiger partial charge in [0.2, 0.25) is 5.91 Å². The molecule has 5 N–H and O–H groups in total. The van der Waals surface area contributed by atoms with Crippen LogP contribution in [0, 0.1) is 6.92 Å². The minimum absolute atomic E-state index is 0.0130. The number of nitrogens with two attached hydrogens (primary N) is 1. The molecule has 1 aromatic carbocycles. The first kappa shape index (κ1) is 13.9. The molecule has 1 heterocycles. The summed E-state index contributed by atoms with van der Waals surface area (Å²) in [7, 11) is 0. The second-order valence-corrected chi connectivity index (χ2v) is 4.32.